The fourth-order valence-electron chi connectivity index (χ4n) is 8.90. The topological polar surface area (TPSA) is 280 Å². The van der Waals surface area contributed by atoms with E-state index in [1.165, 1.54) is 55.8 Å². The summed E-state index contributed by atoms with van der Waals surface area (Å²) in [5.74, 6) is -6.94. The Morgan fingerprint density at radius 3 is 0.872 bits per heavy atom. The Balaban J connectivity index is 1.30. The third-order valence-electron chi connectivity index (χ3n) is 12.4. The SMILES string of the molecule is CC(C)CC(NC(C(=O)NC(=O)c1cnccn1)c1ccccc1)B1OB([C@@H](CC(C)C)NC(C(=O)NC(=O)c2cnccn2)c2ccccc2)OB([C@@H](CC(C)C)NC(C(=O)NC(=O)c2cnccn2)c2ccccc2)O1. The van der Waals surface area contributed by atoms with E-state index in [0.717, 1.165) is 0 Å². The molecule has 1 aliphatic heterocycles. The Morgan fingerprint density at radius 2 is 0.654 bits per heavy atom. The van der Waals surface area contributed by atoms with Crippen molar-refractivity contribution in [3.05, 3.63) is 181 Å². The van der Waals surface area contributed by atoms with Crippen LogP contribution in [0.5, 0.6) is 0 Å². The molecule has 0 aliphatic carbocycles. The molecule has 24 heteroatoms. The molecule has 78 heavy (non-hydrogen) atoms. The molecule has 1 fully saturated rings. The van der Waals surface area contributed by atoms with Crippen LogP contribution >= 0.6 is 0 Å². The monoisotopic (exact) mass is 1060 g/mol. The minimum atomic E-state index is -1.23. The first-order valence-electron chi connectivity index (χ1n) is 25.9. The van der Waals surface area contributed by atoms with Crippen LogP contribution in [0.4, 0.5) is 0 Å². The number of carbonyl (C=O) groups is 6. The molecule has 3 aromatic heterocycles. The number of amides is 6. The maximum absolute atomic E-state index is 14.5. The quantitative estimate of drug-likeness (QED) is 0.0452. The van der Waals surface area contributed by atoms with Gasteiger partial charge in [-0.25, -0.2) is 15.0 Å². The highest BCUT2D eigenvalue weighted by atomic mass is 16.7. The summed E-state index contributed by atoms with van der Waals surface area (Å²) < 4.78 is 21.0. The van der Waals surface area contributed by atoms with E-state index in [4.69, 9.17) is 13.7 Å². The predicted octanol–water partition coefficient (Wildman–Crippen LogP) is 4.61. The Hall–Kier alpha value is -7.73. The van der Waals surface area contributed by atoms with Crippen LogP contribution in [0.3, 0.4) is 0 Å². The summed E-state index contributed by atoms with van der Waals surface area (Å²) in [4.78, 5) is 108. The van der Waals surface area contributed by atoms with E-state index in [1.807, 2.05) is 59.7 Å². The van der Waals surface area contributed by atoms with Crippen molar-refractivity contribution in [1.29, 1.82) is 0 Å². The van der Waals surface area contributed by atoms with Crippen molar-refractivity contribution in [2.75, 3.05) is 0 Å². The minimum Gasteiger partial charge on any atom is -0.451 e. The van der Waals surface area contributed by atoms with Gasteiger partial charge in [0.05, 0.1) is 18.6 Å². The summed E-state index contributed by atoms with van der Waals surface area (Å²) in [6.45, 7) is 12.0. The Bertz CT molecular complexity index is 2580. The third-order valence-corrected chi connectivity index (χ3v) is 12.4. The number of nitrogens with one attached hydrogen (secondary N) is 6. The molecule has 0 spiro atoms. The largest absolute Gasteiger partial charge is 0.451 e. The van der Waals surface area contributed by atoms with Crippen LogP contribution in [0.1, 0.15) is 127 Å². The fraction of sp³-hybridized carbons (Fsp3) is 0.333. The molecule has 1 saturated heterocycles. The van der Waals surface area contributed by atoms with Gasteiger partial charge in [0.2, 0.25) is 17.7 Å². The molecule has 6 atom stereocenters. The maximum Gasteiger partial charge on any atom is 0.447 e. The molecule has 6 aromatic rings. The fourth-order valence-corrected chi connectivity index (χ4v) is 8.90. The van der Waals surface area contributed by atoms with Crippen molar-refractivity contribution in [3.8, 4) is 0 Å². The first-order valence-corrected chi connectivity index (χ1v) is 25.9. The lowest BCUT2D eigenvalue weighted by Gasteiger charge is -2.42. The molecular formula is C54H63B3N12O9. The van der Waals surface area contributed by atoms with E-state index in [-0.39, 0.29) is 34.8 Å². The normalized spacial score (nSPS) is 15.0. The van der Waals surface area contributed by atoms with E-state index in [1.54, 1.807) is 72.8 Å². The van der Waals surface area contributed by atoms with Crippen molar-refractivity contribution in [3.63, 3.8) is 0 Å². The van der Waals surface area contributed by atoms with E-state index in [2.05, 4.69) is 61.8 Å². The van der Waals surface area contributed by atoms with E-state index >= 15 is 0 Å². The highest BCUT2D eigenvalue weighted by Gasteiger charge is 2.52. The van der Waals surface area contributed by atoms with Gasteiger partial charge in [-0.3, -0.25) is 59.7 Å². The number of benzene rings is 3. The van der Waals surface area contributed by atoms with E-state index in [0.29, 0.717) is 36.0 Å². The van der Waals surface area contributed by atoms with Gasteiger partial charge in [-0.2, -0.15) is 0 Å². The number of carbonyl (C=O) groups excluding carboxylic acids is 6. The second-order valence-corrected chi connectivity index (χ2v) is 20.0. The zero-order valence-electron chi connectivity index (χ0n) is 44.3. The smallest absolute Gasteiger partial charge is 0.447 e. The number of rotatable bonds is 24. The molecule has 0 saturated carbocycles. The van der Waals surface area contributed by atoms with Crippen molar-refractivity contribution in [2.24, 2.45) is 17.8 Å². The molecule has 3 aromatic carbocycles. The number of hydrogen-bond acceptors (Lipinski definition) is 18. The van der Waals surface area contributed by atoms with Gasteiger partial charge in [0.25, 0.3) is 17.7 Å². The van der Waals surface area contributed by atoms with Crippen LogP contribution in [0, 0.1) is 17.8 Å². The number of aromatic nitrogens is 6. The Morgan fingerprint density at radius 1 is 0.397 bits per heavy atom. The van der Waals surface area contributed by atoms with Crippen LogP contribution in [0.15, 0.2) is 147 Å². The lowest BCUT2D eigenvalue weighted by Crippen LogP contribution is -2.68. The summed E-state index contributed by atoms with van der Waals surface area (Å²) in [6, 6.07) is 23.1. The molecule has 4 heterocycles. The zero-order chi connectivity index (χ0) is 55.6. The second kappa shape index (κ2) is 28.6. The summed E-state index contributed by atoms with van der Waals surface area (Å²) in [5, 5.41) is 18.0. The Labute approximate surface area is 454 Å². The predicted molar refractivity (Wildman–Crippen MR) is 291 cm³/mol. The van der Waals surface area contributed by atoms with Gasteiger partial charge in [0.15, 0.2) is 0 Å². The Kier molecular flexibility index (Phi) is 21.2. The van der Waals surface area contributed by atoms with Crippen LogP contribution < -0.4 is 31.9 Å². The molecule has 0 radical (unpaired) electrons. The van der Waals surface area contributed by atoms with Gasteiger partial charge >= 0.3 is 21.4 Å². The molecule has 6 amide bonds. The molecular weight excluding hydrogens is 993 g/mol. The lowest BCUT2D eigenvalue weighted by molar-refractivity contribution is -0.123. The number of nitrogens with zero attached hydrogens (tertiary/aromatic N) is 6. The van der Waals surface area contributed by atoms with Gasteiger partial charge < -0.3 is 29.7 Å². The molecule has 6 N–H and O–H groups in total. The van der Waals surface area contributed by atoms with Crippen LogP contribution in [-0.4, -0.2) is 105 Å². The van der Waals surface area contributed by atoms with Crippen molar-refractivity contribution in [1.82, 2.24) is 61.8 Å². The summed E-state index contributed by atoms with van der Waals surface area (Å²) in [5.41, 5.74) is 1.38. The second-order valence-electron chi connectivity index (χ2n) is 20.0. The average Bonchev–Trinajstić information content (AvgIpc) is 3.48. The highest BCUT2D eigenvalue weighted by molar-refractivity contribution is 6.75. The molecule has 4 unspecified atom stereocenters. The van der Waals surface area contributed by atoms with Gasteiger partial charge in [-0.05, 0) is 53.7 Å². The van der Waals surface area contributed by atoms with Gasteiger partial charge in [-0.15, -0.1) is 0 Å². The standard InChI is InChI=1S/C54H63B3N12O9/c1-34(2)28-43(64-46(37-16-10-7-11-17-37)52(73)67-49(70)40-31-58-22-25-61-40)55-76-56(44(29-35(3)4)65-47(38-18-12-8-13-19-38)53(74)68-50(71)41-32-59-23-26-62-41)78-57(77-55)45(30-36(5)6)66-48(39-20-14-9-15-21-39)54(75)69-51(72)42-33-60-24-27-63-42/h7-27,31-36,43-48,64-66H,28-30H2,1-6H3,(H,67,70,73)(H,68,71,74)(H,69,72,75)/t43-,44-,45?,46?,47?,48?/m1/s1. The van der Waals surface area contributed by atoms with E-state index < -0.39 is 92.7 Å². The zero-order valence-corrected chi connectivity index (χ0v) is 44.3. The molecule has 0 bridgehead atoms. The van der Waals surface area contributed by atoms with E-state index in [9.17, 15) is 28.8 Å². The third kappa shape index (κ3) is 16.6. The van der Waals surface area contributed by atoms with Crippen LogP contribution in [0.25, 0.3) is 0 Å². The molecule has 1 aliphatic rings. The summed E-state index contributed by atoms with van der Waals surface area (Å²) >= 11 is 0. The van der Waals surface area contributed by atoms with Gasteiger partial charge in [-0.1, -0.05) is 133 Å². The van der Waals surface area contributed by atoms with Crippen LogP contribution in [-0.2, 0) is 28.1 Å². The van der Waals surface area contributed by atoms with Crippen molar-refractivity contribution >= 4 is 56.8 Å². The molecule has 402 valence electrons. The van der Waals surface area contributed by atoms with Crippen molar-refractivity contribution in [2.45, 2.75) is 96.8 Å². The van der Waals surface area contributed by atoms with Gasteiger partial charge in [0, 0.05) is 55.0 Å². The molecule has 7 rings (SSSR count). The van der Waals surface area contributed by atoms with Gasteiger partial charge in [0.1, 0.15) is 35.2 Å². The summed E-state index contributed by atoms with van der Waals surface area (Å²) in [7, 11) is -3.70. The average molecular weight is 1060 g/mol. The number of hydrogen-bond donors (Lipinski definition) is 6. The van der Waals surface area contributed by atoms with Crippen LogP contribution in [0.2, 0.25) is 0 Å². The van der Waals surface area contributed by atoms with Crippen molar-refractivity contribution < 1.29 is 42.5 Å². The maximum atomic E-state index is 14.5. The minimum absolute atomic E-state index is 0.0414. The first kappa shape index (κ1) is 58.0. The highest BCUT2D eigenvalue weighted by Crippen LogP contribution is 2.28. The number of imide groups is 3. The molecule has 21 nitrogen and oxygen atoms in total. The first-order chi connectivity index (χ1) is 37.6. The lowest BCUT2D eigenvalue weighted by atomic mass is 9.57. The summed E-state index contributed by atoms with van der Waals surface area (Å²) in [6.07, 6.45) is 13.1.